The van der Waals surface area contributed by atoms with E-state index in [1.165, 1.54) is 0 Å². The zero-order valence-corrected chi connectivity index (χ0v) is 12.0. The van der Waals surface area contributed by atoms with Crippen molar-refractivity contribution in [3.63, 3.8) is 0 Å². The summed E-state index contributed by atoms with van der Waals surface area (Å²) in [7, 11) is 3.95. The number of hydrogen-bond acceptors (Lipinski definition) is 3. The summed E-state index contributed by atoms with van der Waals surface area (Å²) in [6, 6.07) is 6.13. The first-order valence-electron chi connectivity index (χ1n) is 6.88. The summed E-state index contributed by atoms with van der Waals surface area (Å²) in [6.45, 7) is 4.09. The van der Waals surface area contributed by atoms with Crippen LogP contribution in [0.25, 0.3) is 0 Å². The lowest BCUT2D eigenvalue weighted by atomic mass is 10.0. The van der Waals surface area contributed by atoms with Gasteiger partial charge in [0.1, 0.15) is 0 Å². The highest BCUT2D eigenvalue weighted by atomic mass is 16.1. The molecule has 104 valence electrons. The Morgan fingerprint density at radius 2 is 2.21 bits per heavy atom. The average molecular weight is 261 g/mol. The van der Waals surface area contributed by atoms with Crippen LogP contribution in [-0.2, 0) is 0 Å². The van der Waals surface area contributed by atoms with Gasteiger partial charge in [0.05, 0.1) is 5.56 Å². The molecule has 0 aliphatic carbocycles. The lowest BCUT2D eigenvalue weighted by Gasteiger charge is -2.30. The number of piperidine rings is 1. The van der Waals surface area contributed by atoms with Crippen LogP contribution in [0, 0.1) is 6.92 Å². The number of anilines is 1. The SMILES string of the molecule is CNc1cc(C)ccc1C(=O)NC1CCCN(C)C1. The molecule has 1 atom stereocenters. The molecule has 0 spiro atoms. The first-order valence-corrected chi connectivity index (χ1v) is 6.88. The maximum atomic E-state index is 12.3. The second-order valence-electron chi connectivity index (χ2n) is 5.37. The van der Waals surface area contributed by atoms with Gasteiger partial charge in [0.25, 0.3) is 5.91 Å². The third-order valence-corrected chi connectivity index (χ3v) is 3.65. The van der Waals surface area contributed by atoms with E-state index >= 15 is 0 Å². The zero-order chi connectivity index (χ0) is 13.8. The third-order valence-electron chi connectivity index (χ3n) is 3.65. The molecule has 1 amide bonds. The number of rotatable bonds is 3. The molecule has 1 heterocycles. The molecule has 0 aromatic heterocycles. The summed E-state index contributed by atoms with van der Waals surface area (Å²) in [5, 5.41) is 6.23. The van der Waals surface area contributed by atoms with E-state index in [9.17, 15) is 4.79 Å². The monoisotopic (exact) mass is 261 g/mol. The number of likely N-dealkylation sites (tertiary alicyclic amines) is 1. The van der Waals surface area contributed by atoms with Crippen molar-refractivity contribution >= 4 is 11.6 Å². The minimum Gasteiger partial charge on any atom is -0.387 e. The minimum atomic E-state index is 0.0182. The fraction of sp³-hybridized carbons (Fsp3) is 0.533. The molecule has 4 heteroatoms. The van der Waals surface area contributed by atoms with E-state index in [1.54, 1.807) is 0 Å². The third kappa shape index (κ3) is 3.47. The Balaban J connectivity index is 2.07. The fourth-order valence-electron chi connectivity index (χ4n) is 2.61. The lowest BCUT2D eigenvalue weighted by molar-refractivity contribution is 0.0913. The van der Waals surface area contributed by atoms with Crippen LogP contribution in [0.1, 0.15) is 28.8 Å². The van der Waals surface area contributed by atoms with Gasteiger partial charge in [-0.2, -0.15) is 0 Å². The quantitative estimate of drug-likeness (QED) is 0.873. The molecule has 0 bridgehead atoms. The molecule has 0 radical (unpaired) electrons. The largest absolute Gasteiger partial charge is 0.387 e. The minimum absolute atomic E-state index is 0.0182. The molecule has 2 rings (SSSR count). The number of benzene rings is 1. The molecule has 2 N–H and O–H groups in total. The number of nitrogens with one attached hydrogen (secondary N) is 2. The Morgan fingerprint density at radius 1 is 1.42 bits per heavy atom. The summed E-state index contributed by atoms with van der Waals surface area (Å²) < 4.78 is 0. The highest BCUT2D eigenvalue weighted by Gasteiger charge is 2.20. The van der Waals surface area contributed by atoms with Gasteiger partial charge in [-0.3, -0.25) is 4.79 Å². The number of amides is 1. The number of carbonyl (C=O) groups is 1. The Morgan fingerprint density at radius 3 is 2.89 bits per heavy atom. The van der Waals surface area contributed by atoms with Crippen LogP contribution in [0.15, 0.2) is 18.2 Å². The summed E-state index contributed by atoms with van der Waals surface area (Å²) >= 11 is 0. The maximum absolute atomic E-state index is 12.3. The van der Waals surface area contributed by atoms with E-state index < -0.39 is 0 Å². The summed E-state index contributed by atoms with van der Waals surface area (Å²) in [6.07, 6.45) is 2.21. The molecule has 4 nitrogen and oxygen atoms in total. The molecule has 1 aliphatic rings. The van der Waals surface area contributed by atoms with Crippen LogP contribution in [0.4, 0.5) is 5.69 Å². The summed E-state index contributed by atoms with van der Waals surface area (Å²) in [4.78, 5) is 14.6. The predicted octanol–water partition coefficient (Wildman–Crippen LogP) is 1.86. The standard InChI is InChI=1S/C15H23N3O/c1-11-6-7-13(14(9-11)16-2)15(19)17-12-5-4-8-18(3)10-12/h6-7,9,12,16H,4-5,8,10H2,1-3H3,(H,17,19). The summed E-state index contributed by atoms with van der Waals surface area (Å²) in [5.41, 5.74) is 2.77. The molecule has 1 aliphatic heterocycles. The Labute approximate surface area is 115 Å². The van der Waals surface area contributed by atoms with Crippen molar-refractivity contribution in [1.29, 1.82) is 0 Å². The van der Waals surface area contributed by atoms with Crippen molar-refractivity contribution in [2.24, 2.45) is 0 Å². The van der Waals surface area contributed by atoms with Crippen LogP contribution in [0.3, 0.4) is 0 Å². The molecule has 19 heavy (non-hydrogen) atoms. The van der Waals surface area contributed by atoms with Crippen LogP contribution >= 0.6 is 0 Å². The van der Waals surface area contributed by atoms with E-state index in [0.29, 0.717) is 0 Å². The van der Waals surface area contributed by atoms with Gasteiger partial charge in [0.2, 0.25) is 0 Å². The van der Waals surface area contributed by atoms with Crippen molar-refractivity contribution < 1.29 is 4.79 Å². The van der Waals surface area contributed by atoms with E-state index in [4.69, 9.17) is 0 Å². The molecule has 1 saturated heterocycles. The molecule has 0 saturated carbocycles. The molecule has 1 unspecified atom stereocenters. The maximum Gasteiger partial charge on any atom is 0.253 e. The Kier molecular flexibility index (Phi) is 4.43. The fourth-order valence-corrected chi connectivity index (χ4v) is 2.61. The summed E-state index contributed by atoms with van der Waals surface area (Å²) in [5.74, 6) is 0.0182. The number of aryl methyl sites for hydroxylation is 1. The van der Waals surface area contributed by atoms with E-state index in [2.05, 4.69) is 22.6 Å². The second-order valence-corrected chi connectivity index (χ2v) is 5.37. The van der Waals surface area contributed by atoms with Crippen LogP contribution < -0.4 is 10.6 Å². The highest BCUT2D eigenvalue weighted by molar-refractivity contribution is 5.99. The topological polar surface area (TPSA) is 44.4 Å². The average Bonchev–Trinajstić information content (AvgIpc) is 2.38. The van der Waals surface area contributed by atoms with Crippen molar-refractivity contribution in [2.75, 3.05) is 32.5 Å². The van der Waals surface area contributed by atoms with Gasteiger partial charge < -0.3 is 15.5 Å². The van der Waals surface area contributed by atoms with Crippen LogP contribution in [0.5, 0.6) is 0 Å². The normalized spacial score (nSPS) is 20.1. The molecule has 1 fully saturated rings. The molecular weight excluding hydrogens is 238 g/mol. The Bertz CT molecular complexity index is 459. The van der Waals surface area contributed by atoms with Crippen molar-refractivity contribution in [3.05, 3.63) is 29.3 Å². The highest BCUT2D eigenvalue weighted by Crippen LogP contribution is 2.18. The number of likely N-dealkylation sites (N-methyl/N-ethyl adjacent to an activating group) is 1. The predicted molar refractivity (Wildman–Crippen MR) is 78.7 cm³/mol. The van der Waals surface area contributed by atoms with Crippen molar-refractivity contribution in [3.8, 4) is 0 Å². The van der Waals surface area contributed by atoms with Crippen LogP contribution in [-0.4, -0.2) is 44.0 Å². The molecule has 1 aromatic carbocycles. The van der Waals surface area contributed by atoms with Gasteiger partial charge >= 0.3 is 0 Å². The van der Waals surface area contributed by atoms with E-state index in [-0.39, 0.29) is 11.9 Å². The van der Waals surface area contributed by atoms with Gasteiger partial charge in [-0.15, -0.1) is 0 Å². The zero-order valence-electron chi connectivity index (χ0n) is 12.0. The second kappa shape index (κ2) is 6.06. The van der Waals surface area contributed by atoms with Gasteiger partial charge in [0.15, 0.2) is 0 Å². The number of carbonyl (C=O) groups excluding carboxylic acids is 1. The molecule has 1 aromatic rings. The van der Waals surface area contributed by atoms with Crippen molar-refractivity contribution in [1.82, 2.24) is 10.2 Å². The molecular formula is C15H23N3O. The van der Waals surface area contributed by atoms with Gasteiger partial charge in [-0.1, -0.05) is 6.07 Å². The first kappa shape index (κ1) is 13.9. The van der Waals surface area contributed by atoms with Gasteiger partial charge in [0, 0.05) is 25.3 Å². The van der Waals surface area contributed by atoms with E-state index in [1.807, 2.05) is 32.2 Å². The Hall–Kier alpha value is -1.55. The lowest BCUT2D eigenvalue weighted by Crippen LogP contribution is -2.46. The van der Waals surface area contributed by atoms with E-state index in [0.717, 1.165) is 42.7 Å². The van der Waals surface area contributed by atoms with Crippen LogP contribution in [0.2, 0.25) is 0 Å². The number of nitrogens with zero attached hydrogens (tertiary/aromatic N) is 1. The smallest absolute Gasteiger partial charge is 0.253 e. The van der Waals surface area contributed by atoms with Gasteiger partial charge in [-0.05, 0) is 51.1 Å². The number of hydrogen-bond donors (Lipinski definition) is 2. The van der Waals surface area contributed by atoms with Gasteiger partial charge in [-0.25, -0.2) is 0 Å². The first-order chi connectivity index (χ1) is 9.10. The van der Waals surface area contributed by atoms with Crippen molar-refractivity contribution in [2.45, 2.75) is 25.8 Å².